The van der Waals surface area contributed by atoms with E-state index in [0.29, 0.717) is 10.7 Å². The molecule has 0 radical (unpaired) electrons. The molecule has 17 heavy (non-hydrogen) atoms. The molecule has 0 fully saturated rings. The minimum Gasteiger partial charge on any atom is -0.298 e. The highest BCUT2D eigenvalue weighted by molar-refractivity contribution is 7.14. The maximum Gasteiger partial charge on any atom is 0.260 e. The first kappa shape index (κ1) is 11.8. The normalized spacial score (nSPS) is 11.5. The van der Waals surface area contributed by atoms with Gasteiger partial charge in [-0.2, -0.15) is 5.10 Å². The zero-order chi connectivity index (χ0) is 12.5. The molecule has 2 aromatic rings. The summed E-state index contributed by atoms with van der Waals surface area (Å²) in [5, 5.41) is 11.6. The third kappa shape index (κ3) is 2.71. The molecule has 0 aliphatic heterocycles. The molecule has 2 rings (SSSR count). The molecule has 0 bridgehead atoms. The van der Waals surface area contributed by atoms with E-state index in [0.717, 1.165) is 5.69 Å². The smallest absolute Gasteiger partial charge is 0.260 e. The molecule has 1 amide bonds. The Morgan fingerprint density at radius 1 is 1.47 bits per heavy atom. The number of carbonyl (C=O) groups is 1. The zero-order valence-corrected chi connectivity index (χ0v) is 10.8. The Kier molecular flexibility index (Phi) is 2.97. The van der Waals surface area contributed by atoms with Gasteiger partial charge in [0, 0.05) is 17.0 Å². The largest absolute Gasteiger partial charge is 0.298 e. The van der Waals surface area contributed by atoms with Crippen LogP contribution in [0.25, 0.3) is 0 Å². The minimum absolute atomic E-state index is 0.00484. The number of hydrogen-bond acceptors (Lipinski definition) is 4. The zero-order valence-electron chi connectivity index (χ0n) is 9.94. The van der Waals surface area contributed by atoms with Crippen LogP contribution in [0.5, 0.6) is 0 Å². The van der Waals surface area contributed by atoms with Crippen LogP contribution in [-0.4, -0.2) is 21.1 Å². The van der Waals surface area contributed by atoms with Crippen LogP contribution in [0.3, 0.4) is 0 Å². The number of thiazole rings is 1. The Labute approximate surface area is 103 Å². The predicted molar refractivity (Wildman–Crippen MR) is 67.4 cm³/mol. The van der Waals surface area contributed by atoms with E-state index in [9.17, 15) is 4.79 Å². The summed E-state index contributed by atoms with van der Waals surface area (Å²) in [5.74, 6) is -0.200. The van der Waals surface area contributed by atoms with Crippen molar-refractivity contribution in [2.75, 3.05) is 5.32 Å². The number of aromatic amines is 1. The SMILES string of the molecule is CC(C)(C)c1csc(NC(=O)c2cn[nH]c2)n1. The fourth-order valence-electron chi connectivity index (χ4n) is 1.22. The molecule has 0 atom stereocenters. The van der Waals surface area contributed by atoms with Gasteiger partial charge < -0.3 is 0 Å². The van der Waals surface area contributed by atoms with E-state index in [1.165, 1.54) is 17.5 Å². The van der Waals surface area contributed by atoms with Crippen molar-refractivity contribution >= 4 is 22.4 Å². The molecule has 0 unspecified atom stereocenters. The fourth-order valence-corrected chi connectivity index (χ4v) is 2.15. The highest BCUT2D eigenvalue weighted by Gasteiger charge is 2.18. The van der Waals surface area contributed by atoms with E-state index in [-0.39, 0.29) is 11.3 Å². The number of H-pyrrole nitrogens is 1. The third-order valence-corrected chi connectivity index (χ3v) is 3.01. The standard InChI is InChI=1S/C11H14N4OS/c1-11(2,3)8-6-17-10(14-8)15-9(16)7-4-12-13-5-7/h4-6H,1-3H3,(H,12,13)(H,14,15,16). The molecule has 2 aromatic heterocycles. The number of anilines is 1. The Balaban J connectivity index is 2.10. The highest BCUT2D eigenvalue weighted by Crippen LogP contribution is 2.26. The molecule has 0 saturated carbocycles. The molecule has 0 aromatic carbocycles. The summed E-state index contributed by atoms with van der Waals surface area (Å²) in [6, 6.07) is 0. The van der Waals surface area contributed by atoms with Gasteiger partial charge in [-0.1, -0.05) is 20.8 Å². The van der Waals surface area contributed by atoms with E-state index in [4.69, 9.17) is 0 Å². The second-order valence-corrected chi connectivity index (χ2v) is 5.59. The van der Waals surface area contributed by atoms with Crippen LogP contribution in [0, 0.1) is 0 Å². The summed E-state index contributed by atoms with van der Waals surface area (Å²) in [4.78, 5) is 16.1. The molecule has 2 N–H and O–H groups in total. The van der Waals surface area contributed by atoms with Gasteiger partial charge in [-0.25, -0.2) is 4.98 Å². The van der Waals surface area contributed by atoms with Crippen molar-refractivity contribution in [3.8, 4) is 0 Å². The molecule has 5 nitrogen and oxygen atoms in total. The van der Waals surface area contributed by atoms with E-state index >= 15 is 0 Å². The molecule has 6 heteroatoms. The van der Waals surface area contributed by atoms with Crippen molar-refractivity contribution < 1.29 is 4.79 Å². The lowest BCUT2D eigenvalue weighted by Gasteiger charge is -2.14. The number of nitrogens with zero attached hydrogens (tertiary/aromatic N) is 2. The predicted octanol–water partition coefficient (Wildman–Crippen LogP) is 2.42. The van der Waals surface area contributed by atoms with Gasteiger partial charge in [0.25, 0.3) is 5.91 Å². The first-order valence-corrected chi connectivity index (χ1v) is 6.11. The molecule has 90 valence electrons. The summed E-state index contributed by atoms with van der Waals surface area (Å²) in [6.07, 6.45) is 3.03. The lowest BCUT2D eigenvalue weighted by molar-refractivity contribution is 0.102. The number of amides is 1. The summed E-state index contributed by atoms with van der Waals surface area (Å²) < 4.78 is 0. The first-order chi connectivity index (χ1) is 7.97. The Bertz CT molecular complexity index is 510. The number of aromatic nitrogens is 3. The second kappa shape index (κ2) is 4.29. The van der Waals surface area contributed by atoms with Crippen molar-refractivity contribution in [3.05, 3.63) is 29.0 Å². The summed E-state index contributed by atoms with van der Waals surface area (Å²) in [7, 11) is 0. The van der Waals surface area contributed by atoms with E-state index < -0.39 is 0 Å². The Hall–Kier alpha value is -1.69. The number of rotatable bonds is 2. The number of carbonyl (C=O) groups excluding carboxylic acids is 1. The highest BCUT2D eigenvalue weighted by atomic mass is 32.1. The van der Waals surface area contributed by atoms with Crippen molar-refractivity contribution in [1.82, 2.24) is 15.2 Å². The van der Waals surface area contributed by atoms with Crippen molar-refractivity contribution in [2.24, 2.45) is 0 Å². The monoisotopic (exact) mass is 250 g/mol. The maximum absolute atomic E-state index is 11.7. The summed E-state index contributed by atoms with van der Waals surface area (Å²) in [5.41, 5.74) is 1.47. The second-order valence-electron chi connectivity index (χ2n) is 4.73. The van der Waals surface area contributed by atoms with Crippen molar-refractivity contribution in [2.45, 2.75) is 26.2 Å². The van der Waals surface area contributed by atoms with E-state index in [1.807, 2.05) is 5.38 Å². The molecule has 0 spiro atoms. The van der Waals surface area contributed by atoms with E-state index in [1.54, 1.807) is 6.20 Å². The average Bonchev–Trinajstić information content (AvgIpc) is 2.85. The van der Waals surface area contributed by atoms with Crippen LogP contribution >= 0.6 is 11.3 Å². The molecular formula is C11H14N4OS. The van der Waals surface area contributed by atoms with Gasteiger partial charge in [0.2, 0.25) is 0 Å². The Morgan fingerprint density at radius 2 is 2.24 bits per heavy atom. The van der Waals surface area contributed by atoms with Crippen molar-refractivity contribution in [1.29, 1.82) is 0 Å². The third-order valence-electron chi connectivity index (χ3n) is 2.25. The molecule has 0 saturated heterocycles. The molecule has 0 aliphatic carbocycles. The fraction of sp³-hybridized carbons (Fsp3) is 0.364. The Morgan fingerprint density at radius 3 is 2.76 bits per heavy atom. The van der Waals surface area contributed by atoms with Crippen LogP contribution in [0.15, 0.2) is 17.8 Å². The lowest BCUT2D eigenvalue weighted by atomic mass is 9.93. The lowest BCUT2D eigenvalue weighted by Crippen LogP contribution is -2.13. The van der Waals surface area contributed by atoms with Gasteiger partial charge in [-0.05, 0) is 0 Å². The van der Waals surface area contributed by atoms with Crippen LogP contribution < -0.4 is 5.32 Å². The molecular weight excluding hydrogens is 236 g/mol. The minimum atomic E-state index is -0.200. The molecule has 0 aliphatic rings. The average molecular weight is 250 g/mol. The van der Waals surface area contributed by atoms with Gasteiger partial charge in [-0.15, -0.1) is 11.3 Å². The van der Waals surface area contributed by atoms with Crippen LogP contribution in [0.4, 0.5) is 5.13 Å². The summed E-state index contributed by atoms with van der Waals surface area (Å²) in [6.45, 7) is 6.26. The van der Waals surface area contributed by atoms with Gasteiger partial charge >= 0.3 is 0 Å². The first-order valence-electron chi connectivity index (χ1n) is 5.23. The summed E-state index contributed by atoms with van der Waals surface area (Å²) >= 11 is 1.43. The van der Waals surface area contributed by atoms with Crippen molar-refractivity contribution in [3.63, 3.8) is 0 Å². The van der Waals surface area contributed by atoms with Crippen LogP contribution in [0.1, 0.15) is 36.8 Å². The van der Waals surface area contributed by atoms with Crippen LogP contribution in [-0.2, 0) is 5.41 Å². The van der Waals surface area contributed by atoms with E-state index in [2.05, 4.69) is 41.3 Å². The van der Waals surface area contributed by atoms with Gasteiger partial charge in [0.1, 0.15) is 0 Å². The quantitative estimate of drug-likeness (QED) is 0.859. The molecule has 2 heterocycles. The maximum atomic E-state index is 11.7. The van der Waals surface area contributed by atoms with Gasteiger partial charge in [-0.3, -0.25) is 15.2 Å². The number of nitrogens with one attached hydrogen (secondary N) is 2. The van der Waals surface area contributed by atoms with Crippen LogP contribution in [0.2, 0.25) is 0 Å². The topological polar surface area (TPSA) is 70.7 Å². The van der Waals surface area contributed by atoms with Gasteiger partial charge in [0.05, 0.1) is 17.5 Å². The number of hydrogen-bond donors (Lipinski definition) is 2. The van der Waals surface area contributed by atoms with Gasteiger partial charge in [0.15, 0.2) is 5.13 Å².